The minimum atomic E-state index is -1.20. The smallest absolute Gasteiger partial charge is 0.339 e. The quantitative estimate of drug-likeness (QED) is 0.568. The van der Waals surface area contributed by atoms with Crippen molar-refractivity contribution >= 4 is 11.9 Å². The first-order valence-corrected chi connectivity index (χ1v) is 7.60. The van der Waals surface area contributed by atoms with Crippen LogP contribution in [0.15, 0.2) is 60.7 Å². The standard InChI is InChI=1S/C20H14O6/c21-17-9-13(5-7-15(17)19(23)24)11-1-2-12(4-3-11)14-6-8-16(20(25)26)18(22)10-14/h1-10,21-22H,(H,23,24)(H,25,26). The van der Waals surface area contributed by atoms with Gasteiger partial charge in [0.2, 0.25) is 0 Å². The number of benzene rings is 3. The predicted molar refractivity (Wildman–Crippen MR) is 94.6 cm³/mol. The zero-order valence-electron chi connectivity index (χ0n) is 13.4. The molecule has 0 fully saturated rings. The molecule has 130 valence electrons. The molecule has 6 nitrogen and oxygen atoms in total. The second-order valence-corrected chi connectivity index (χ2v) is 5.65. The maximum Gasteiger partial charge on any atom is 0.339 e. The minimum absolute atomic E-state index is 0.167. The van der Waals surface area contributed by atoms with E-state index in [1.54, 1.807) is 36.4 Å². The third-order valence-corrected chi connectivity index (χ3v) is 4.01. The largest absolute Gasteiger partial charge is 0.507 e. The second kappa shape index (κ2) is 6.60. The number of carboxylic acids is 2. The molecule has 0 heterocycles. The average molecular weight is 350 g/mol. The maximum absolute atomic E-state index is 10.9. The van der Waals surface area contributed by atoms with Crippen LogP contribution in [0.25, 0.3) is 22.3 Å². The summed E-state index contributed by atoms with van der Waals surface area (Å²) in [5.74, 6) is -3.02. The first-order chi connectivity index (χ1) is 12.4. The van der Waals surface area contributed by atoms with Crippen molar-refractivity contribution < 1.29 is 30.0 Å². The molecule has 0 spiro atoms. The van der Waals surface area contributed by atoms with Crippen LogP contribution >= 0.6 is 0 Å². The van der Waals surface area contributed by atoms with Crippen LogP contribution in [0.5, 0.6) is 11.5 Å². The Morgan fingerprint density at radius 2 is 0.846 bits per heavy atom. The van der Waals surface area contributed by atoms with Gasteiger partial charge in [-0.1, -0.05) is 36.4 Å². The Hall–Kier alpha value is -3.80. The van der Waals surface area contributed by atoms with Gasteiger partial charge in [-0.25, -0.2) is 9.59 Å². The fourth-order valence-corrected chi connectivity index (χ4v) is 2.64. The highest BCUT2D eigenvalue weighted by Gasteiger charge is 2.12. The summed E-state index contributed by atoms with van der Waals surface area (Å²) in [4.78, 5) is 21.9. The van der Waals surface area contributed by atoms with Crippen LogP contribution in [-0.2, 0) is 0 Å². The molecule has 0 aromatic heterocycles. The van der Waals surface area contributed by atoms with Crippen molar-refractivity contribution in [2.45, 2.75) is 0 Å². The van der Waals surface area contributed by atoms with E-state index in [1.165, 1.54) is 24.3 Å². The molecule has 26 heavy (non-hydrogen) atoms. The van der Waals surface area contributed by atoms with Crippen molar-refractivity contribution in [1.82, 2.24) is 0 Å². The lowest BCUT2D eigenvalue weighted by atomic mass is 9.98. The van der Waals surface area contributed by atoms with Crippen LogP contribution < -0.4 is 0 Å². The molecule has 0 radical (unpaired) electrons. The van der Waals surface area contributed by atoms with Crippen molar-refractivity contribution in [3.8, 4) is 33.8 Å². The molecule has 0 unspecified atom stereocenters. The van der Waals surface area contributed by atoms with E-state index in [1.807, 2.05) is 0 Å². The molecule has 3 aromatic rings. The molecule has 6 heteroatoms. The van der Waals surface area contributed by atoms with Crippen LogP contribution in [0.1, 0.15) is 20.7 Å². The Morgan fingerprint density at radius 1 is 0.538 bits per heavy atom. The zero-order valence-corrected chi connectivity index (χ0v) is 13.4. The van der Waals surface area contributed by atoms with Crippen LogP contribution in [0, 0.1) is 0 Å². The normalized spacial score (nSPS) is 10.5. The van der Waals surface area contributed by atoms with E-state index in [0.29, 0.717) is 11.1 Å². The summed E-state index contributed by atoms with van der Waals surface area (Å²) in [5, 5.41) is 37.5. The monoisotopic (exact) mass is 350 g/mol. The minimum Gasteiger partial charge on any atom is -0.507 e. The molecule has 4 N–H and O–H groups in total. The van der Waals surface area contributed by atoms with Crippen LogP contribution in [0.3, 0.4) is 0 Å². The maximum atomic E-state index is 10.9. The van der Waals surface area contributed by atoms with Gasteiger partial charge >= 0.3 is 11.9 Å². The number of aromatic carboxylic acids is 2. The summed E-state index contributed by atoms with van der Waals surface area (Å²) in [6, 6.07) is 15.8. The number of hydrogen-bond acceptors (Lipinski definition) is 4. The summed E-state index contributed by atoms with van der Waals surface area (Å²) >= 11 is 0. The predicted octanol–water partition coefficient (Wildman–Crippen LogP) is 3.83. The van der Waals surface area contributed by atoms with Gasteiger partial charge in [-0.15, -0.1) is 0 Å². The molecule has 0 atom stereocenters. The molecule has 0 saturated heterocycles. The highest BCUT2D eigenvalue weighted by molar-refractivity contribution is 5.92. The Labute approximate surface area is 148 Å². The Balaban J connectivity index is 1.92. The first kappa shape index (κ1) is 17.0. The number of hydrogen-bond donors (Lipinski definition) is 4. The molecule has 0 aliphatic heterocycles. The van der Waals surface area contributed by atoms with Crippen LogP contribution in [-0.4, -0.2) is 32.4 Å². The molecule has 0 aliphatic carbocycles. The zero-order chi connectivity index (χ0) is 18.8. The van der Waals surface area contributed by atoms with Crippen LogP contribution in [0.2, 0.25) is 0 Å². The van der Waals surface area contributed by atoms with Gasteiger partial charge in [-0.2, -0.15) is 0 Å². The fraction of sp³-hybridized carbons (Fsp3) is 0. The number of phenols is 2. The van der Waals surface area contributed by atoms with Crippen molar-refractivity contribution in [1.29, 1.82) is 0 Å². The Kier molecular flexibility index (Phi) is 4.33. The molecule has 0 bridgehead atoms. The average Bonchev–Trinajstić information content (AvgIpc) is 2.61. The summed E-state index contributed by atoms with van der Waals surface area (Å²) in [6.45, 7) is 0. The van der Waals surface area contributed by atoms with Crippen LogP contribution in [0.4, 0.5) is 0 Å². The molecular formula is C20H14O6. The van der Waals surface area contributed by atoms with Crippen molar-refractivity contribution in [2.24, 2.45) is 0 Å². The van der Waals surface area contributed by atoms with Crippen molar-refractivity contribution in [3.05, 3.63) is 71.8 Å². The third-order valence-electron chi connectivity index (χ3n) is 4.01. The van der Waals surface area contributed by atoms with Gasteiger partial charge in [0, 0.05) is 0 Å². The number of rotatable bonds is 4. The van der Waals surface area contributed by atoms with Gasteiger partial charge < -0.3 is 20.4 Å². The topological polar surface area (TPSA) is 115 Å². The lowest BCUT2D eigenvalue weighted by Gasteiger charge is -2.08. The van der Waals surface area contributed by atoms with Gasteiger partial charge in [0.25, 0.3) is 0 Å². The number of aromatic hydroxyl groups is 2. The number of carboxylic acid groups (broad SMARTS) is 2. The van der Waals surface area contributed by atoms with E-state index in [4.69, 9.17) is 10.2 Å². The molecule has 3 aromatic carbocycles. The fourth-order valence-electron chi connectivity index (χ4n) is 2.64. The van der Waals surface area contributed by atoms with E-state index in [0.717, 1.165) is 11.1 Å². The molecule has 0 amide bonds. The van der Waals surface area contributed by atoms with E-state index in [9.17, 15) is 19.8 Å². The third kappa shape index (κ3) is 3.21. The highest BCUT2D eigenvalue weighted by atomic mass is 16.4. The van der Waals surface area contributed by atoms with Gasteiger partial charge in [0.05, 0.1) is 0 Å². The summed E-state index contributed by atoms with van der Waals surface area (Å²) < 4.78 is 0. The van der Waals surface area contributed by atoms with Gasteiger partial charge in [-0.05, 0) is 46.5 Å². The summed E-state index contributed by atoms with van der Waals surface area (Å²) in [5.41, 5.74) is 2.52. The Bertz CT molecular complexity index is 923. The van der Waals surface area contributed by atoms with E-state index < -0.39 is 11.9 Å². The van der Waals surface area contributed by atoms with Gasteiger partial charge in [0.1, 0.15) is 22.6 Å². The summed E-state index contributed by atoms with van der Waals surface area (Å²) in [6.07, 6.45) is 0. The van der Waals surface area contributed by atoms with Crippen molar-refractivity contribution in [3.63, 3.8) is 0 Å². The Morgan fingerprint density at radius 3 is 1.12 bits per heavy atom. The highest BCUT2D eigenvalue weighted by Crippen LogP contribution is 2.30. The molecule has 0 aliphatic rings. The molecule has 3 rings (SSSR count). The van der Waals surface area contributed by atoms with E-state index >= 15 is 0 Å². The van der Waals surface area contributed by atoms with E-state index in [-0.39, 0.29) is 22.6 Å². The summed E-state index contributed by atoms with van der Waals surface area (Å²) in [7, 11) is 0. The van der Waals surface area contributed by atoms with Gasteiger partial charge in [0.15, 0.2) is 0 Å². The molecular weight excluding hydrogens is 336 g/mol. The first-order valence-electron chi connectivity index (χ1n) is 7.60. The lowest BCUT2D eigenvalue weighted by Crippen LogP contribution is -1.96. The van der Waals surface area contributed by atoms with Crippen molar-refractivity contribution in [2.75, 3.05) is 0 Å². The van der Waals surface area contributed by atoms with E-state index in [2.05, 4.69) is 0 Å². The number of carbonyl (C=O) groups is 2. The van der Waals surface area contributed by atoms with Gasteiger partial charge in [-0.3, -0.25) is 0 Å². The second-order valence-electron chi connectivity index (χ2n) is 5.65. The lowest BCUT2D eigenvalue weighted by molar-refractivity contribution is 0.0682. The molecule has 0 saturated carbocycles. The SMILES string of the molecule is O=C(O)c1ccc(-c2ccc(-c3ccc(C(=O)O)c(O)c3)cc2)cc1O.